The summed E-state index contributed by atoms with van der Waals surface area (Å²) < 4.78 is 0. The largest absolute Gasteiger partial charge is 0.478 e. The number of unbranched alkanes of at least 4 members (excludes halogenated alkanes) is 2. The second-order valence-corrected chi connectivity index (χ2v) is 6.84. The van der Waals surface area contributed by atoms with E-state index in [2.05, 4.69) is 4.98 Å². The van der Waals surface area contributed by atoms with Gasteiger partial charge in [-0.05, 0) is 64.2 Å². The molecule has 1 aliphatic carbocycles. The van der Waals surface area contributed by atoms with Crippen molar-refractivity contribution in [3.63, 3.8) is 0 Å². The Labute approximate surface area is 159 Å². The van der Waals surface area contributed by atoms with E-state index in [1.54, 1.807) is 27.0 Å². The fraction of sp³-hybridized carbons (Fsp3) is 0.364. The molecule has 0 aromatic carbocycles. The van der Waals surface area contributed by atoms with Crippen LogP contribution in [0.1, 0.15) is 52.0 Å². The molecule has 0 fully saturated rings. The van der Waals surface area contributed by atoms with E-state index in [4.69, 9.17) is 0 Å². The molecule has 0 bridgehead atoms. The van der Waals surface area contributed by atoms with Crippen molar-refractivity contribution in [1.29, 1.82) is 0 Å². The Kier molecular flexibility index (Phi) is 6.99. The molecule has 0 radical (unpaired) electrons. The number of carboxylic acid groups (broad SMARTS) is 1. The van der Waals surface area contributed by atoms with Crippen LogP contribution in [0, 0.1) is 0 Å². The first-order valence-corrected chi connectivity index (χ1v) is 9.13. The van der Waals surface area contributed by atoms with E-state index in [1.807, 2.05) is 18.3 Å². The number of aliphatic carboxylic acids is 1. The molecule has 1 N–H and O–H groups in total. The number of hydrogen-bond donors (Lipinski definition) is 1. The summed E-state index contributed by atoms with van der Waals surface area (Å²) in [7, 11) is 0. The second kappa shape index (κ2) is 9.21. The number of carboxylic acids is 1. The van der Waals surface area contributed by atoms with Gasteiger partial charge < -0.3 is 5.11 Å². The number of aromatic nitrogens is 1. The summed E-state index contributed by atoms with van der Waals surface area (Å²) in [4.78, 5) is 40.4. The van der Waals surface area contributed by atoms with Gasteiger partial charge in [0, 0.05) is 40.3 Å². The molecule has 0 atom stereocenters. The lowest BCUT2D eigenvalue weighted by molar-refractivity contribution is -0.132. The Balaban J connectivity index is 2.01. The number of allylic oxidation sites excluding steroid dienone is 5. The van der Waals surface area contributed by atoms with Crippen molar-refractivity contribution in [3.8, 4) is 0 Å². The first-order valence-electron chi connectivity index (χ1n) is 9.13. The first kappa shape index (κ1) is 20.5. The lowest BCUT2D eigenvalue weighted by Gasteiger charge is -2.17. The highest BCUT2D eigenvalue weighted by Gasteiger charge is 2.27. The summed E-state index contributed by atoms with van der Waals surface area (Å²) in [6, 6.07) is 3.92. The minimum absolute atomic E-state index is 0.166. The fourth-order valence-electron chi connectivity index (χ4n) is 3.07. The third-order valence-corrected chi connectivity index (χ3v) is 4.96. The number of carbonyl (C=O) groups excluding carboxylic acids is 2. The van der Waals surface area contributed by atoms with Gasteiger partial charge in [-0.25, -0.2) is 4.79 Å². The van der Waals surface area contributed by atoms with Crippen LogP contribution in [-0.4, -0.2) is 27.6 Å². The van der Waals surface area contributed by atoms with Crippen molar-refractivity contribution in [2.24, 2.45) is 0 Å². The Morgan fingerprint density at radius 1 is 1.04 bits per heavy atom. The summed E-state index contributed by atoms with van der Waals surface area (Å²) >= 11 is 0. The molecule has 0 amide bonds. The molecular weight excluding hydrogens is 342 g/mol. The molecule has 0 saturated carbocycles. The summed E-state index contributed by atoms with van der Waals surface area (Å²) in [5.74, 6) is -1.51. The van der Waals surface area contributed by atoms with Crippen LogP contribution in [0.5, 0.6) is 0 Å². The molecule has 0 unspecified atom stereocenters. The molecule has 5 heteroatoms. The number of ketones is 2. The maximum Gasteiger partial charge on any atom is 0.331 e. The van der Waals surface area contributed by atoms with Gasteiger partial charge in [-0.1, -0.05) is 12.5 Å². The van der Waals surface area contributed by atoms with E-state index in [9.17, 15) is 19.5 Å². The van der Waals surface area contributed by atoms with E-state index in [0.29, 0.717) is 29.6 Å². The third-order valence-electron chi connectivity index (χ3n) is 4.96. The molecule has 0 aliphatic heterocycles. The number of rotatable bonds is 8. The molecule has 1 aromatic rings. The van der Waals surface area contributed by atoms with Crippen LogP contribution in [0.2, 0.25) is 0 Å². The Morgan fingerprint density at radius 2 is 1.74 bits per heavy atom. The zero-order valence-electron chi connectivity index (χ0n) is 16.0. The molecule has 2 rings (SSSR count). The number of hydrogen-bond acceptors (Lipinski definition) is 4. The normalized spacial score (nSPS) is 15.6. The maximum absolute atomic E-state index is 12.5. The van der Waals surface area contributed by atoms with Gasteiger partial charge in [0.05, 0.1) is 0 Å². The molecule has 1 aromatic heterocycles. The van der Waals surface area contributed by atoms with Crippen LogP contribution in [0.25, 0.3) is 0 Å². The quantitative estimate of drug-likeness (QED) is 0.426. The van der Waals surface area contributed by atoms with Gasteiger partial charge in [-0.3, -0.25) is 14.6 Å². The van der Waals surface area contributed by atoms with Gasteiger partial charge in [0.2, 0.25) is 0 Å². The molecule has 5 nitrogen and oxygen atoms in total. The minimum atomic E-state index is -1.05. The standard InChI is InChI=1S/C22H25NO4/c1-14-15(2)21(25)19(16(3)20(14)24)12-18(22(26)27)10-6-4-5-8-17-9-7-11-23-13-17/h7,9,11-13H,4-6,8,10H2,1-3H3,(H,26,27). The van der Waals surface area contributed by atoms with Crippen LogP contribution in [0.4, 0.5) is 0 Å². The van der Waals surface area contributed by atoms with E-state index in [1.165, 1.54) is 6.08 Å². The molecule has 142 valence electrons. The number of Topliss-reactive ketones (excluding diaryl/α,β-unsaturated/α-hetero) is 2. The number of pyridine rings is 1. The van der Waals surface area contributed by atoms with Gasteiger partial charge in [0.25, 0.3) is 0 Å². The topological polar surface area (TPSA) is 84.3 Å². The third kappa shape index (κ3) is 5.09. The molecule has 27 heavy (non-hydrogen) atoms. The number of nitrogens with zero attached hydrogens (tertiary/aromatic N) is 1. The second-order valence-electron chi connectivity index (χ2n) is 6.84. The molecular formula is C22H25NO4. The summed E-state index contributed by atoms with van der Waals surface area (Å²) in [5.41, 5.74) is 2.67. The summed E-state index contributed by atoms with van der Waals surface area (Å²) in [5, 5.41) is 9.49. The predicted molar refractivity (Wildman–Crippen MR) is 103 cm³/mol. The lowest BCUT2D eigenvalue weighted by atomic mass is 9.85. The lowest BCUT2D eigenvalue weighted by Crippen LogP contribution is -2.20. The zero-order chi connectivity index (χ0) is 20.0. The Hall–Kier alpha value is -2.82. The fourth-order valence-corrected chi connectivity index (χ4v) is 3.07. The number of aryl methyl sites for hydroxylation is 1. The highest BCUT2D eigenvalue weighted by Crippen LogP contribution is 2.26. The van der Waals surface area contributed by atoms with Crippen molar-refractivity contribution < 1.29 is 19.5 Å². The summed E-state index contributed by atoms with van der Waals surface area (Å²) in [6.45, 7) is 4.81. The molecule has 0 saturated heterocycles. The van der Waals surface area contributed by atoms with Crippen LogP contribution < -0.4 is 0 Å². The molecule has 1 heterocycles. The zero-order valence-corrected chi connectivity index (χ0v) is 16.0. The predicted octanol–water partition coefficient (Wildman–Crippen LogP) is 4.00. The Bertz CT molecular complexity index is 844. The van der Waals surface area contributed by atoms with Crippen molar-refractivity contribution in [1.82, 2.24) is 4.98 Å². The van der Waals surface area contributed by atoms with Gasteiger partial charge in [-0.15, -0.1) is 0 Å². The highest BCUT2D eigenvalue weighted by atomic mass is 16.4. The van der Waals surface area contributed by atoms with E-state index >= 15 is 0 Å². The van der Waals surface area contributed by atoms with Crippen molar-refractivity contribution in [2.45, 2.75) is 52.9 Å². The average Bonchev–Trinajstić information content (AvgIpc) is 2.66. The number of carbonyl (C=O) groups is 3. The monoisotopic (exact) mass is 367 g/mol. The van der Waals surface area contributed by atoms with E-state index in [0.717, 1.165) is 24.8 Å². The minimum Gasteiger partial charge on any atom is -0.478 e. The highest BCUT2D eigenvalue weighted by molar-refractivity contribution is 6.25. The SMILES string of the molecule is CC1=C(C)C(=O)C(C=C(CCCCCc2cccnc2)C(=O)O)=C(C)C1=O. The smallest absolute Gasteiger partial charge is 0.331 e. The van der Waals surface area contributed by atoms with Crippen molar-refractivity contribution >= 4 is 17.5 Å². The average molecular weight is 367 g/mol. The van der Waals surface area contributed by atoms with Gasteiger partial charge in [0.1, 0.15) is 0 Å². The van der Waals surface area contributed by atoms with Gasteiger partial charge in [-0.2, -0.15) is 0 Å². The maximum atomic E-state index is 12.5. The van der Waals surface area contributed by atoms with Gasteiger partial charge in [0.15, 0.2) is 11.6 Å². The molecule has 0 spiro atoms. The van der Waals surface area contributed by atoms with Crippen LogP contribution in [0.15, 0.2) is 58.5 Å². The van der Waals surface area contributed by atoms with Crippen LogP contribution in [0.3, 0.4) is 0 Å². The first-order chi connectivity index (χ1) is 12.8. The van der Waals surface area contributed by atoms with Crippen LogP contribution >= 0.6 is 0 Å². The Morgan fingerprint density at radius 3 is 2.37 bits per heavy atom. The summed E-state index contributed by atoms with van der Waals surface area (Å²) in [6.07, 6.45) is 8.75. The van der Waals surface area contributed by atoms with Crippen LogP contribution in [-0.2, 0) is 20.8 Å². The van der Waals surface area contributed by atoms with Gasteiger partial charge >= 0.3 is 5.97 Å². The van der Waals surface area contributed by atoms with E-state index < -0.39 is 5.97 Å². The molecule has 1 aliphatic rings. The van der Waals surface area contributed by atoms with E-state index in [-0.39, 0.29) is 22.7 Å². The van der Waals surface area contributed by atoms with Crippen molar-refractivity contribution in [2.75, 3.05) is 0 Å². The van der Waals surface area contributed by atoms with Crippen molar-refractivity contribution in [3.05, 3.63) is 64.0 Å².